The van der Waals surface area contributed by atoms with Crippen LogP contribution >= 0.6 is 11.6 Å². The van der Waals surface area contributed by atoms with Crippen molar-refractivity contribution in [3.63, 3.8) is 0 Å². The summed E-state index contributed by atoms with van der Waals surface area (Å²) in [6.07, 6.45) is 3.31. The number of phenolic OH excluding ortho intramolecular Hbond substituents is 1. The Morgan fingerprint density at radius 1 is 1.09 bits per heavy atom. The van der Waals surface area contributed by atoms with Gasteiger partial charge in [-0.05, 0) is 18.2 Å². The summed E-state index contributed by atoms with van der Waals surface area (Å²) in [5.74, 6) is 4.40. The number of piperazine rings is 1. The zero-order valence-corrected chi connectivity index (χ0v) is 17.9. The lowest BCUT2D eigenvalue weighted by molar-refractivity contribution is -0.135. The molecule has 3 N–H and O–H groups in total. The lowest BCUT2D eigenvalue weighted by Crippen LogP contribution is -2.49. The molecule has 0 spiro atoms. The second-order valence-electron chi connectivity index (χ2n) is 7.20. The SMILES string of the molecule is CN1C(=O)C(Cl)=C(N(N)c2cccc(C(=O)N3CCN(c4ncccn4)CC3)c2O)C1=O. The van der Waals surface area contributed by atoms with Gasteiger partial charge in [0.1, 0.15) is 16.4 Å². The Hall–Kier alpha value is -3.70. The van der Waals surface area contributed by atoms with Crippen molar-refractivity contribution in [3.05, 3.63) is 53.0 Å². The van der Waals surface area contributed by atoms with Crippen molar-refractivity contribution in [2.24, 2.45) is 5.84 Å². The van der Waals surface area contributed by atoms with E-state index in [9.17, 15) is 19.5 Å². The Morgan fingerprint density at radius 3 is 2.34 bits per heavy atom. The van der Waals surface area contributed by atoms with E-state index in [2.05, 4.69) is 9.97 Å². The molecule has 2 aromatic rings. The average Bonchev–Trinajstić information content (AvgIpc) is 3.01. The van der Waals surface area contributed by atoms with Crippen LogP contribution in [0.2, 0.25) is 0 Å². The number of carbonyl (C=O) groups excluding carboxylic acids is 3. The van der Waals surface area contributed by atoms with Crippen LogP contribution in [0.15, 0.2) is 47.4 Å². The van der Waals surface area contributed by atoms with Crippen LogP contribution in [0.3, 0.4) is 0 Å². The average molecular weight is 458 g/mol. The number of hydrogen-bond donors (Lipinski definition) is 2. The molecule has 32 heavy (non-hydrogen) atoms. The van der Waals surface area contributed by atoms with Gasteiger partial charge in [-0.25, -0.2) is 15.8 Å². The maximum atomic E-state index is 13.1. The third kappa shape index (κ3) is 3.61. The van der Waals surface area contributed by atoms with E-state index < -0.39 is 23.5 Å². The molecule has 3 heterocycles. The van der Waals surface area contributed by atoms with Crippen molar-refractivity contribution in [2.75, 3.05) is 43.1 Å². The number of nitrogens with zero attached hydrogens (tertiary/aromatic N) is 6. The molecule has 11 nitrogen and oxygen atoms in total. The molecule has 0 aliphatic carbocycles. The van der Waals surface area contributed by atoms with Crippen molar-refractivity contribution in [2.45, 2.75) is 0 Å². The molecule has 0 unspecified atom stereocenters. The van der Waals surface area contributed by atoms with Crippen molar-refractivity contribution in [3.8, 4) is 5.75 Å². The van der Waals surface area contributed by atoms with Crippen LogP contribution in [0, 0.1) is 0 Å². The van der Waals surface area contributed by atoms with E-state index in [0.29, 0.717) is 32.1 Å². The number of carbonyl (C=O) groups is 3. The summed E-state index contributed by atoms with van der Waals surface area (Å²) in [5, 5.41) is 11.2. The van der Waals surface area contributed by atoms with E-state index in [1.165, 1.54) is 25.2 Å². The summed E-state index contributed by atoms with van der Waals surface area (Å²) in [6.45, 7) is 1.87. The largest absolute Gasteiger partial charge is 0.505 e. The lowest BCUT2D eigenvalue weighted by Gasteiger charge is -2.35. The first-order chi connectivity index (χ1) is 15.3. The number of phenols is 1. The van der Waals surface area contributed by atoms with Crippen molar-refractivity contribution >= 4 is 41.0 Å². The van der Waals surface area contributed by atoms with Crippen LogP contribution < -0.4 is 15.8 Å². The Kier molecular flexibility index (Phi) is 5.68. The number of anilines is 2. The first-order valence-corrected chi connectivity index (χ1v) is 10.1. The zero-order valence-electron chi connectivity index (χ0n) is 17.1. The number of nitrogens with two attached hydrogens (primary N) is 1. The zero-order chi connectivity index (χ0) is 23.0. The maximum Gasteiger partial charge on any atom is 0.280 e. The predicted octanol–water partition coefficient (Wildman–Crippen LogP) is 0.274. The van der Waals surface area contributed by atoms with E-state index in [1.807, 2.05) is 4.90 Å². The number of imide groups is 1. The number of rotatable bonds is 4. The summed E-state index contributed by atoms with van der Waals surface area (Å²) in [7, 11) is 1.27. The van der Waals surface area contributed by atoms with Gasteiger partial charge in [0.2, 0.25) is 5.95 Å². The molecule has 2 aliphatic rings. The van der Waals surface area contributed by atoms with E-state index in [-0.39, 0.29) is 22.0 Å². The third-order valence-corrected chi connectivity index (χ3v) is 5.70. The van der Waals surface area contributed by atoms with E-state index in [4.69, 9.17) is 17.4 Å². The molecular formula is C20H20ClN7O4. The highest BCUT2D eigenvalue weighted by molar-refractivity contribution is 6.48. The van der Waals surface area contributed by atoms with Gasteiger partial charge >= 0.3 is 0 Å². The van der Waals surface area contributed by atoms with Crippen LogP contribution in [0.25, 0.3) is 0 Å². The smallest absolute Gasteiger partial charge is 0.280 e. The second kappa shape index (κ2) is 8.44. The molecule has 0 radical (unpaired) electrons. The number of para-hydroxylation sites is 1. The van der Waals surface area contributed by atoms with Crippen LogP contribution in [0.1, 0.15) is 10.4 Å². The van der Waals surface area contributed by atoms with Crippen molar-refractivity contribution < 1.29 is 19.5 Å². The highest BCUT2D eigenvalue weighted by atomic mass is 35.5. The first kappa shape index (κ1) is 21.5. The van der Waals surface area contributed by atoms with Crippen LogP contribution in [0.5, 0.6) is 5.75 Å². The summed E-state index contributed by atoms with van der Waals surface area (Å²) in [6, 6.07) is 6.14. The summed E-state index contributed by atoms with van der Waals surface area (Å²) in [4.78, 5) is 50.2. The van der Waals surface area contributed by atoms with E-state index in [0.717, 1.165) is 9.91 Å². The summed E-state index contributed by atoms with van der Waals surface area (Å²) >= 11 is 5.98. The van der Waals surface area contributed by atoms with Gasteiger partial charge < -0.3 is 14.9 Å². The quantitative estimate of drug-likeness (QED) is 0.376. The molecule has 2 aliphatic heterocycles. The molecule has 1 fully saturated rings. The molecule has 4 rings (SSSR count). The Balaban J connectivity index is 1.54. The highest BCUT2D eigenvalue weighted by Crippen LogP contribution is 2.35. The monoisotopic (exact) mass is 457 g/mol. The molecule has 1 aromatic heterocycles. The van der Waals surface area contributed by atoms with Gasteiger partial charge in [0, 0.05) is 45.6 Å². The van der Waals surface area contributed by atoms with Crippen LogP contribution in [-0.4, -0.2) is 75.8 Å². The first-order valence-electron chi connectivity index (χ1n) is 9.71. The van der Waals surface area contributed by atoms with Gasteiger partial charge in [-0.15, -0.1) is 0 Å². The molecule has 0 atom stereocenters. The molecule has 0 saturated carbocycles. The standard InChI is InChI=1S/C20H20ClN7O4/c1-25-18(31)14(21)15(19(25)32)28(22)13-5-2-4-12(16(13)29)17(30)26-8-10-27(11-9-26)20-23-6-3-7-24-20/h2-7,29H,8-11,22H2,1H3. The molecule has 166 valence electrons. The Morgan fingerprint density at radius 2 is 1.75 bits per heavy atom. The summed E-state index contributed by atoms with van der Waals surface area (Å²) in [5.41, 5.74) is -0.295. The van der Waals surface area contributed by atoms with Gasteiger partial charge in [-0.3, -0.25) is 24.3 Å². The fourth-order valence-electron chi connectivity index (χ4n) is 3.56. The minimum absolute atomic E-state index is 0.0178. The normalized spacial score (nSPS) is 16.8. The number of amides is 3. The molecule has 3 amide bonds. The number of benzene rings is 1. The van der Waals surface area contributed by atoms with E-state index >= 15 is 0 Å². The number of aromatic hydroxyl groups is 1. The van der Waals surface area contributed by atoms with E-state index in [1.54, 1.807) is 23.4 Å². The van der Waals surface area contributed by atoms with Crippen LogP contribution in [-0.2, 0) is 9.59 Å². The number of hydrazine groups is 1. The minimum Gasteiger partial charge on any atom is -0.505 e. The van der Waals surface area contributed by atoms with Gasteiger partial charge in [0.05, 0.1) is 5.56 Å². The van der Waals surface area contributed by atoms with Crippen LogP contribution in [0.4, 0.5) is 11.6 Å². The number of hydrogen-bond acceptors (Lipinski definition) is 9. The number of likely N-dealkylation sites (N-methyl/N-ethyl adjacent to an activating group) is 1. The predicted molar refractivity (Wildman–Crippen MR) is 116 cm³/mol. The van der Waals surface area contributed by atoms with Crippen molar-refractivity contribution in [1.82, 2.24) is 19.8 Å². The molecule has 0 bridgehead atoms. The summed E-state index contributed by atoms with van der Waals surface area (Å²) < 4.78 is 0. The molecule has 1 saturated heterocycles. The molecular weight excluding hydrogens is 438 g/mol. The van der Waals surface area contributed by atoms with Gasteiger partial charge in [-0.1, -0.05) is 17.7 Å². The second-order valence-corrected chi connectivity index (χ2v) is 7.58. The fraction of sp³-hybridized carbons (Fsp3) is 0.250. The Labute approximate surface area is 188 Å². The topological polar surface area (TPSA) is 136 Å². The van der Waals surface area contributed by atoms with Gasteiger partial charge in [0.25, 0.3) is 17.7 Å². The molecule has 1 aromatic carbocycles. The third-order valence-electron chi connectivity index (χ3n) is 5.35. The maximum absolute atomic E-state index is 13.1. The van der Waals surface area contributed by atoms with Gasteiger partial charge in [-0.2, -0.15) is 0 Å². The fourth-order valence-corrected chi connectivity index (χ4v) is 3.85. The van der Waals surface area contributed by atoms with Gasteiger partial charge in [0.15, 0.2) is 5.75 Å². The lowest BCUT2D eigenvalue weighted by atomic mass is 10.1. The Bertz CT molecular complexity index is 1120. The van der Waals surface area contributed by atoms with Crippen molar-refractivity contribution in [1.29, 1.82) is 0 Å². The molecule has 12 heteroatoms. The number of aromatic nitrogens is 2. The minimum atomic E-state index is -0.710. The number of halogens is 1. The highest BCUT2D eigenvalue weighted by Gasteiger charge is 2.39.